The van der Waals surface area contributed by atoms with Crippen molar-refractivity contribution in [3.63, 3.8) is 0 Å². The highest BCUT2D eigenvalue weighted by molar-refractivity contribution is 5.92. The zero-order chi connectivity index (χ0) is 15.2. The molecule has 2 fully saturated rings. The lowest BCUT2D eigenvalue weighted by atomic mass is 10.2. The van der Waals surface area contributed by atoms with Crippen molar-refractivity contribution in [3.8, 4) is 0 Å². The molecular formula is C17H25N3O2. The van der Waals surface area contributed by atoms with E-state index in [1.807, 2.05) is 12.1 Å². The van der Waals surface area contributed by atoms with Crippen molar-refractivity contribution in [1.29, 1.82) is 0 Å². The molecule has 22 heavy (non-hydrogen) atoms. The maximum Gasteiger partial charge on any atom is 0.238 e. The molecular weight excluding hydrogens is 278 g/mol. The first kappa shape index (κ1) is 15.5. The van der Waals surface area contributed by atoms with Crippen LogP contribution in [0.1, 0.15) is 18.4 Å². The van der Waals surface area contributed by atoms with Crippen molar-refractivity contribution >= 4 is 11.6 Å². The first-order valence-corrected chi connectivity index (χ1v) is 8.21. The maximum absolute atomic E-state index is 12.0. The van der Waals surface area contributed by atoms with Crippen LogP contribution in [0.4, 0.5) is 5.69 Å². The average molecular weight is 303 g/mol. The lowest BCUT2D eigenvalue weighted by Gasteiger charge is -2.26. The molecule has 3 rings (SSSR count). The van der Waals surface area contributed by atoms with Crippen molar-refractivity contribution < 1.29 is 9.53 Å². The number of morpholine rings is 1. The summed E-state index contributed by atoms with van der Waals surface area (Å²) >= 11 is 0. The Morgan fingerprint density at radius 3 is 2.36 bits per heavy atom. The van der Waals surface area contributed by atoms with E-state index in [1.54, 1.807) is 0 Å². The molecule has 0 spiro atoms. The predicted molar refractivity (Wildman–Crippen MR) is 86.8 cm³/mol. The number of anilines is 1. The predicted octanol–water partition coefficient (Wildman–Crippen LogP) is 1.55. The van der Waals surface area contributed by atoms with Gasteiger partial charge in [-0.2, -0.15) is 0 Å². The molecule has 0 atom stereocenters. The van der Waals surface area contributed by atoms with Gasteiger partial charge in [-0.05, 0) is 43.6 Å². The van der Waals surface area contributed by atoms with Gasteiger partial charge in [-0.3, -0.25) is 14.6 Å². The summed E-state index contributed by atoms with van der Waals surface area (Å²) in [5.41, 5.74) is 2.16. The number of amides is 1. The standard InChI is InChI=1S/C17H25N3O2/c21-17(14-19-7-1-2-8-19)18-16-5-3-15(4-6-16)13-20-9-11-22-12-10-20/h3-6H,1-2,7-14H2,(H,18,21). The molecule has 2 aliphatic heterocycles. The van der Waals surface area contributed by atoms with Crippen LogP contribution in [0.5, 0.6) is 0 Å². The van der Waals surface area contributed by atoms with E-state index in [0.717, 1.165) is 51.6 Å². The van der Waals surface area contributed by atoms with Crippen LogP contribution in [-0.4, -0.2) is 61.6 Å². The number of benzene rings is 1. The van der Waals surface area contributed by atoms with Gasteiger partial charge in [-0.25, -0.2) is 0 Å². The van der Waals surface area contributed by atoms with Crippen molar-refractivity contribution in [2.45, 2.75) is 19.4 Å². The van der Waals surface area contributed by atoms with E-state index in [9.17, 15) is 4.79 Å². The summed E-state index contributed by atoms with van der Waals surface area (Å²) in [6, 6.07) is 8.19. The van der Waals surface area contributed by atoms with E-state index in [0.29, 0.717) is 6.54 Å². The Morgan fingerprint density at radius 1 is 1.00 bits per heavy atom. The van der Waals surface area contributed by atoms with Gasteiger partial charge in [0, 0.05) is 25.3 Å². The fourth-order valence-corrected chi connectivity index (χ4v) is 3.06. The molecule has 5 nitrogen and oxygen atoms in total. The Hall–Kier alpha value is -1.43. The van der Waals surface area contributed by atoms with E-state index in [1.165, 1.54) is 18.4 Å². The Kier molecular flexibility index (Phi) is 5.43. The van der Waals surface area contributed by atoms with E-state index in [4.69, 9.17) is 4.74 Å². The molecule has 2 heterocycles. The van der Waals surface area contributed by atoms with Crippen molar-refractivity contribution in [2.75, 3.05) is 51.3 Å². The van der Waals surface area contributed by atoms with Gasteiger partial charge >= 0.3 is 0 Å². The normalized spacial score (nSPS) is 20.2. The number of rotatable bonds is 5. The van der Waals surface area contributed by atoms with Crippen LogP contribution in [0, 0.1) is 0 Å². The van der Waals surface area contributed by atoms with E-state index in [-0.39, 0.29) is 5.91 Å². The van der Waals surface area contributed by atoms with E-state index >= 15 is 0 Å². The summed E-state index contributed by atoms with van der Waals surface area (Å²) in [5, 5.41) is 2.99. The summed E-state index contributed by atoms with van der Waals surface area (Å²) in [6.07, 6.45) is 2.42. The zero-order valence-electron chi connectivity index (χ0n) is 13.1. The summed E-state index contributed by atoms with van der Waals surface area (Å²) in [5.74, 6) is 0.0860. The third-order valence-corrected chi connectivity index (χ3v) is 4.31. The number of hydrogen-bond acceptors (Lipinski definition) is 4. The molecule has 2 aliphatic rings. The van der Waals surface area contributed by atoms with Gasteiger partial charge in [0.15, 0.2) is 0 Å². The van der Waals surface area contributed by atoms with Gasteiger partial charge in [-0.1, -0.05) is 12.1 Å². The van der Waals surface area contributed by atoms with Gasteiger partial charge in [0.25, 0.3) is 0 Å². The lowest BCUT2D eigenvalue weighted by Crippen LogP contribution is -2.35. The van der Waals surface area contributed by atoms with E-state index < -0.39 is 0 Å². The summed E-state index contributed by atoms with van der Waals surface area (Å²) < 4.78 is 5.36. The Bertz CT molecular complexity index is 477. The number of hydrogen-bond donors (Lipinski definition) is 1. The molecule has 0 saturated carbocycles. The van der Waals surface area contributed by atoms with Crippen LogP contribution in [0.2, 0.25) is 0 Å². The van der Waals surface area contributed by atoms with Crippen LogP contribution in [0.15, 0.2) is 24.3 Å². The summed E-state index contributed by atoms with van der Waals surface area (Å²) in [4.78, 5) is 16.6. The molecule has 2 saturated heterocycles. The van der Waals surface area contributed by atoms with Crippen LogP contribution >= 0.6 is 0 Å². The quantitative estimate of drug-likeness (QED) is 0.896. The fraction of sp³-hybridized carbons (Fsp3) is 0.588. The van der Waals surface area contributed by atoms with Crippen LogP contribution in [-0.2, 0) is 16.1 Å². The van der Waals surface area contributed by atoms with Crippen molar-refractivity contribution in [3.05, 3.63) is 29.8 Å². The molecule has 1 N–H and O–H groups in total. The van der Waals surface area contributed by atoms with Gasteiger partial charge in [0.1, 0.15) is 0 Å². The zero-order valence-corrected chi connectivity index (χ0v) is 13.1. The Labute approximate surface area is 132 Å². The Balaban J connectivity index is 1.47. The fourth-order valence-electron chi connectivity index (χ4n) is 3.06. The highest BCUT2D eigenvalue weighted by atomic mass is 16.5. The third kappa shape index (κ3) is 4.53. The molecule has 0 aromatic heterocycles. The smallest absolute Gasteiger partial charge is 0.238 e. The van der Waals surface area contributed by atoms with Gasteiger partial charge in [-0.15, -0.1) is 0 Å². The Morgan fingerprint density at radius 2 is 1.68 bits per heavy atom. The number of carbonyl (C=O) groups is 1. The van der Waals surface area contributed by atoms with Crippen LogP contribution in [0.25, 0.3) is 0 Å². The van der Waals surface area contributed by atoms with Crippen LogP contribution in [0.3, 0.4) is 0 Å². The number of nitrogens with one attached hydrogen (secondary N) is 1. The molecule has 0 bridgehead atoms. The minimum atomic E-state index is 0.0860. The molecule has 120 valence electrons. The minimum Gasteiger partial charge on any atom is -0.379 e. The minimum absolute atomic E-state index is 0.0860. The number of carbonyl (C=O) groups excluding carboxylic acids is 1. The average Bonchev–Trinajstić information content (AvgIpc) is 3.03. The molecule has 0 unspecified atom stereocenters. The monoisotopic (exact) mass is 303 g/mol. The molecule has 1 aromatic carbocycles. The molecule has 0 radical (unpaired) electrons. The number of ether oxygens (including phenoxy) is 1. The van der Waals surface area contributed by atoms with Gasteiger partial charge < -0.3 is 10.1 Å². The SMILES string of the molecule is O=C(CN1CCCC1)Nc1ccc(CN2CCOCC2)cc1. The summed E-state index contributed by atoms with van der Waals surface area (Å²) in [7, 11) is 0. The second-order valence-electron chi connectivity index (χ2n) is 6.12. The topological polar surface area (TPSA) is 44.8 Å². The first-order valence-electron chi connectivity index (χ1n) is 8.21. The first-order chi connectivity index (χ1) is 10.8. The van der Waals surface area contributed by atoms with Gasteiger partial charge in [0.2, 0.25) is 5.91 Å². The highest BCUT2D eigenvalue weighted by Gasteiger charge is 2.15. The van der Waals surface area contributed by atoms with Crippen LogP contribution < -0.4 is 5.32 Å². The molecule has 1 aromatic rings. The van der Waals surface area contributed by atoms with Gasteiger partial charge in [0.05, 0.1) is 19.8 Å². The molecule has 1 amide bonds. The largest absolute Gasteiger partial charge is 0.379 e. The second kappa shape index (κ2) is 7.72. The number of nitrogens with zero attached hydrogens (tertiary/aromatic N) is 2. The molecule has 5 heteroatoms. The summed E-state index contributed by atoms with van der Waals surface area (Å²) in [6.45, 7) is 7.19. The van der Waals surface area contributed by atoms with Crippen molar-refractivity contribution in [1.82, 2.24) is 9.80 Å². The maximum atomic E-state index is 12.0. The van der Waals surface area contributed by atoms with E-state index in [2.05, 4.69) is 27.2 Å². The molecule has 0 aliphatic carbocycles. The highest BCUT2D eigenvalue weighted by Crippen LogP contribution is 2.13. The van der Waals surface area contributed by atoms with Crippen molar-refractivity contribution in [2.24, 2.45) is 0 Å². The lowest BCUT2D eigenvalue weighted by molar-refractivity contribution is -0.117. The number of likely N-dealkylation sites (tertiary alicyclic amines) is 1. The second-order valence-corrected chi connectivity index (χ2v) is 6.12. The third-order valence-electron chi connectivity index (χ3n) is 4.31.